The summed E-state index contributed by atoms with van der Waals surface area (Å²) in [4.78, 5) is 25.7. The summed E-state index contributed by atoms with van der Waals surface area (Å²) >= 11 is 0. The number of allylic oxidation sites excluding steroid dienone is 1. The van der Waals surface area contributed by atoms with Gasteiger partial charge in [0, 0.05) is 13.0 Å². The van der Waals surface area contributed by atoms with Gasteiger partial charge < -0.3 is 10.2 Å². The number of amides is 2. The summed E-state index contributed by atoms with van der Waals surface area (Å²) in [6, 6.07) is 9.29. The lowest BCUT2D eigenvalue weighted by Gasteiger charge is -2.32. The van der Waals surface area contributed by atoms with Crippen LogP contribution in [0.25, 0.3) is 0 Å². The molecule has 1 aliphatic heterocycles. The molecule has 20 heavy (non-hydrogen) atoms. The highest BCUT2D eigenvalue weighted by Crippen LogP contribution is 2.10. The minimum absolute atomic E-state index is 0.00838. The van der Waals surface area contributed by atoms with Crippen LogP contribution in [0.5, 0.6) is 0 Å². The van der Waals surface area contributed by atoms with E-state index >= 15 is 0 Å². The quantitative estimate of drug-likeness (QED) is 0.845. The van der Waals surface area contributed by atoms with Gasteiger partial charge in [-0.05, 0) is 19.4 Å². The van der Waals surface area contributed by atoms with Gasteiger partial charge in [0.15, 0.2) is 0 Å². The van der Waals surface area contributed by atoms with Gasteiger partial charge in [-0.25, -0.2) is 0 Å². The van der Waals surface area contributed by atoms with Gasteiger partial charge in [-0.3, -0.25) is 9.59 Å². The molecule has 1 aliphatic rings. The van der Waals surface area contributed by atoms with Crippen LogP contribution in [0, 0.1) is 0 Å². The molecule has 1 heterocycles. The molecule has 2 rings (SSSR count). The Morgan fingerprint density at radius 2 is 2.00 bits per heavy atom. The van der Waals surface area contributed by atoms with Gasteiger partial charge in [0.2, 0.25) is 11.8 Å². The zero-order chi connectivity index (χ0) is 14.5. The predicted molar refractivity (Wildman–Crippen MR) is 78.1 cm³/mol. The van der Waals surface area contributed by atoms with E-state index in [0.717, 1.165) is 11.1 Å². The minimum atomic E-state index is -0.454. The third-order valence-corrected chi connectivity index (χ3v) is 3.28. The lowest BCUT2D eigenvalue weighted by molar-refractivity contribution is -0.143. The zero-order valence-corrected chi connectivity index (χ0v) is 11.9. The van der Waals surface area contributed by atoms with Gasteiger partial charge in [-0.1, -0.05) is 42.0 Å². The summed E-state index contributed by atoms with van der Waals surface area (Å²) < 4.78 is 0. The van der Waals surface area contributed by atoms with Crippen LogP contribution in [-0.4, -0.2) is 35.8 Å². The number of hydrogen-bond acceptors (Lipinski definition) is 2. The summed E-state index contributed by atoms with van der Waals surface area (Å²) in [5.41, 5.74) is 2.19. The van der Waals surface area contributed by atoms with E-state index in [0.29, 0.717) is 13.0 Å². The van der Waals surface area contributed by atoms with Crippen molar-refractivity contribution in [2.75, 3.05) is 13.1 Å². The molecule has 4 nitrogen and oxygen atoms in total. The van der Waals surface area contributed by atoms with E-state index in [9.17, 15) is 9.59 Å². The predicted octanol–water partition coefficient (Wildman–Crippen LogP) is 1.52. The molecule has 1 unspecified atom stereocenters. The maximum atomic E-state index is 12.4. The summed E-state index contributed by atoms with van der Waals surface area (Å²) in [6.45, 7) is 4.61. The standard InChI is InChI=1S/C16H20N2O2/c1-12(2)8-9-18-11-15(19)17-14(16(18)20)10-13-6-4-3-5-7-13/h3-8,14H,9-11H2,1-2H3,(H,17,19). The number of nitrogens with one attached hydrogen (secondary N) is 1. The molecule has 0 aromatic heterocycles. The summed E-state index contributed by atoms with van der Waals surface area (Å²) in [6.07, 6.45) is 2.51. The third kappa shape index (κ3) is 3.70. The molecular weight excluding hydrogens is 252 g/mol. The van der Waals surface area contributed by atoms with E-state index in [1.165, 1.54) is 0 Å². The molecule has 0 aliphatic carbocycles. The van der Waals surface area contributed by atoms with Crippen molar-refractivity contribution >= 4 is 11.8 Å². The van der Waals surface area contributed by atoms with Crippen LogP contribution in [0.4, 0.5) is 0 Å². The molecule has 1 aromatic carbocycles. The number of piperazine rings is 1. The monoisotopic (exact) mass is 272 g/mol. The Morgan fingerprint density at radius 3 is 2.65 bits per heavy atom. The van der Waals surface area contributed by atoms with Gasteiger partial charge in [-0.2, -0.15) is 0 Å². The van der Waals surface area contributed by atoms with Crippen LogP contribution in [0.2, 0.25) is 0 Å². The second kappa shape index (κ2) is 6.37. The molecular formula is C16H20N2O2. The van der Waals surface area contributed by atoms with Crippen molar-refractivity contribution in [3.05, 3.63) is 47.5 Å². The van der Waals surface area contributed by atoms with Crippen molar-refractivity contribution < 1.29 is 9.59 Å². The first-order valence-electron chi connectivity index (χ1n) is 6.81. The number of carbonyl (C=O) groups excluding carboxylic acids is 2. The summed E-state index contributed by atoms with van der Waals surface area (Å²) in [5, 5.41) is 2.78. The first kappa shape index (κ1) is 14.3. The smallest absolute Gasteiger partial charge is 0.246 e. The number of nitrogens with zero attached hydrogens (tertiary/aromatic N) is 1. The second-order valence-corrected chi connectivity index (χ2v) is 5.31. The normalized spacial score (nSPS) is 18.7. The fourth-order valence-corrected chi connectivity index (χ4v) is 2.21. The van der Waals surface area contributed by atoms with E-state index in [1.54, 1.807) is 4.90 Å². The van der Waals surface area contributed by atoms with Crippen molar-refractivity contribution in [2.45, 2.75) is 26.3 Å². The molecule has 2 amide bonds. The highest BCUT2D eigenvalue weighted by atomic mass is 16.2. The van der Waals surface area contributed by atoms with Crippen molar-refractivity contribution in [2.24, 2.45) is 0 Å². The van der Waals surface area contributed by atoms with E-state index in [-0.39, 0.29) is 18.4 Å². The fraction of sp³-hybridized carbons (Fsp3) is 0.375. The first-order valence-corrected chi connectivity index (χ1v) is 6.81. The van der Waals surface area contributed by atoms with Gasteiger partial charge in [-0.15, -0.1) is 0 Å². The Hall–Kier alpha value is -2.10. The summed E-state index contributed by atoms with van der Waals surface area (Å²) in [7, 11) is 0. The molecule has 0 bridgehead atoms. The average Bonchev–Trinajstić information content (AvgIpc) is 2.42. The van der Waals surface area contributed by atoms with Crippen LogP contribution in [0.15, 0.2) is 42.0 Å². The van der Waals surface area contributed by atoms with E-state index in [4.69, 9.17) is 0 Å². The van der Waals surface area contributed by atoms with Gasteiger partial charge in [0.25, 0.3) is 0 Å². The van der Waals surface area contributed by atoms with E-state index < -0.39 is 6.04 Å². The van der Waals surface area contributed by atoms with Crippen LogP contribution in [-0.2, 0) is 16.0 Å². The average molecular weight is 272 g/mol. The van der Waals surface area contributed by atoms with Crippen LogP contribution in [0.1, 0.15) is 19.4 Å². The Labute approximate surface area is 119 Å². The molecule has 106 valence electrons. The Bertz CT molecular complexity index is 519. The molecule has 1 aromatic rings. The molecule has 0 saturated carbocycles. The highest BCUT2D eigenvalue weighted by Gasteiger charge is 2.31. The first-order chi connectivity index (χ1) is 9.56. The van der Waals surface area contributed by atoms with Gasteiger partial charge >= 0.3 is 0 Å². The van der Waals surface area contributed by atoms with Crippen LogP contribution >= 0.6 is 0 Å². The fourth-order valence-electron chi connectivity index (χ4n) is 2.21. The molecule has 0 radical (unpaired) electrons. The van der Waals surface area contributed by atoms with E-state index in [1.807, 2.05) is 50.3 Å². The SMILES string of the molecule is CC(C)=CCN1CC(=O)NC(Cc2ccccc2)C1=O. The topological polar surface area (TPSA) is 49.4 Å². The Morgan fingerprint density at radius 1 is 1.30 bits per heavy atom. The number of carbonyl (C=O) groups is 2. The summed E-state index contributed by atoms with van der Waals surface area (Å²) in [5.74, 6) is -0.0985. The van der Waals surface area contributed by atoms with Crippen LogP contribution in [0.3, 0.4) is 0 Å². The van der Waals surface area contributed by atoms with Crippen LogP contribution < -0.4 is 5.32 Å². The molecule has 1 fully saturated rings. The third-order valence-electron chi connectivity index (χ3n) is 3.28. The molecule has 1 atom stereocenters. The molecule has 0 spiro atoms. The van der Waals surface area contributed by atoms with Crippen molar-refractivity contribution in [1.29, 1.82) is 0 Å². The highest BCUT2D eigenvalue weighted by molar-refractivity contribution is 5.95. The molecule has 1 saturated heterocycles. The molecule has 4 heteroatoms. The van der Waals surface area contributed by atoms with Gasteiger partial charge in [0.05, 0.1) is 6.54 Å². The van der Waals surface area contributed by atoms with E-state index in [2.05, 4.69) is 5.32 Å². The minimum Gasteiger partial charge on any atom is -0.342 e. The second-order valence-electron chi connectivity index (χ2n) is 5.31. The maximum absolute atomic E-state index is 12.4. The Kier molecular flexibility index (Phi) is 4.56. The zero-order valence-electron chi connectivity index (χ0n) is 11.9. The number of benzene rings is 1. The lowest BCUT2D eigenvalue weighted by atomic mass is 10.0. The maximum Gasteiger partial charge on any atom is 0.246 e. The number of rotatable bonds is 4. The van der Waals surface area contributed by atoms with Crippen molar-refractivity contribution in [3.63, 3.8) is 0 Å². The largest absolute Gasteiger partial charge is 0.342 e. The number of hydrogen-bond donors (Lipinski definition) is 1. The molecule has 1 N–H and O–H groups in total. The van der Waals surface area contributed by atoms with Gasteiger partial charge in [0.1, 0.15) is 6.04 Å². The lowest BCUT2D eigenvalue weighted by Crippen LogP contribution is -2.58. The Balaban J connectivity index is 2.07. The van der Waals surface area contributed by atoms with Crippen molar-refractivity contribution in [3.8, 4) is 0 Å². The van der Waals surface area contributed by atoms with Crippen molar-refractivity contribution in [1.82, 2.24) is 10.2 Å².